The van der Waals surface area contributed by atoms with Crippen molar-refractivity contribution in [3.8, 4) is 0 Å². The summed E-state index contributed by atoms with van der Waals surface area (Å²) < 4.78 is 0.616. The molecule has 0 aliphatic heterocycles. The first-order valence-electron chi connectivity index (χ1n) is 4.84. The Labute approximate surface area is 107 Å². The summed E-state index contributed by atoms with van der Waals surface area (Å²) in [7, 11) is 0. The third kappa shape index (κ3) is 3.36. The lowest BCUT2D eigenvalue weighted by atomic mass is 10.3. The molecule has 0 radical (unpaired) electrons. The van der Waals surface area contributed by atoms with Crippen molar-refractivity contribution < 1.29 is 4.79 Å². The number of nitrogens with zero attached hydrogens (tertiary/aromatic N) is 1. The summed E-state index contributed by atoms with van der Waals surface area (Å²) in [6.07, 6.45) is 0. The second-order valence-corrected chi connectivity index (χ2v) is 4.97. The maximum atomic E-state index is 10.9. The Morgan fingerprint density at radius 2 is 2.24 bits per heavy atom. The average molecular weight is 266 g/mol. The molecule has 0 saturated carbocycles. The number of carbonyl (C=O) groups excluding carboxylic acids is 1. The molecule has 0 fully saturated rings. The highest BCUT2D eigenvalue weighted by Crippen LogP contribution is 2.21. The van der Waals surface area contributed by atoms with Crippen LogP contribution in [0.4, 0.5) is 16.5 Å². The number of aromatic amines is 1. The molecule has 2 rings (SSSR count). The maximum absolute atomic E-state index is 10.9. The van der Waals surface area contributed by atoms with E-state index in [1.54, 1.807) is 0 Å². The average Bonchev–Trinajstić information content (AvgIpc) is 2.63. The smallest absolute Gasteiger partial charge is 0.221 e. The van der Waals surface area contributed by atoms with E-state index in [0.29, 0.717) is 9.09 Å². The minimum Gasteiger partial charge on any atom is -0.330 e. The Balaban J connectivity index is 2.16. The Bertz CT molecular complexity index is 590. The number of carbonyl (C=O) groups is 1. The lowest BCUT2D eigenvalue weighted by molar-refractivity contribution is -0.114. The first-order chi connectivity index (χ1) is 8.13. The number of nitrogens with one attached hydrogen (secondary N) is 3. The summed E-state index contributed by atoms with van der Waals surface area (Å²) in [6, 6.07) is 7.38. The van der Waals surface area contributed by atoms with Crippen LogP contribution in [0, 0.1) is 3.95 Å². The van der Waals surface area contributed by atoms with E-state index in [-0.39, 0.29) is 5.91 Å². The first-order valence-corrected chi connectivity index (χ1v) is 6.06. The van der Waals surface area contributed by atoms with Gasteiger partial charge < -0.3 is 10.6 Å². The highest BCUT2D eigenvalue weighted by molar-refractivity contribution is 7.73. The number of hydrogen-bond donors (Lipinski definition) is 3. The van der Waals surface area contributed by atoms with Crippen molar-refractivity contribution in [3.05, 3.63) is 28.2 Å². The Hall–Kier alpha value is -1.73. The zero-order chi connectivity index (χ0) is 12.3. The number of hydrogen-bond acceptors (Lipinski definition) is 5. The number of H-pyrrole nitrogens is 1. The van der Waals surface area contributed by atoms with E-state index in [0.717, 1.165) is 11.4 Å². The lowest BCUT2D eigenvalue weighted by Gasteiger charge is -2.05. The van der Waals surface area contributed by atoms with Gasteiger partial charge in [0.25, 0.3) is 0 Å². The molecule has 0 spiro atoms. The molecule has 0 saturated heterocycles. The topological polar surface area (TPSA) is 69.8 Å². The molecule has 0 aliphatic carbocycles. The number of rotatable bonds is 3. The third-order valence-electron chi connectivity index (χ3n) is 1.87. The normalized spacial score (nSPS) is 9.94. The molecule has 7 heteroatoms. The molecule has 3 N–H and O–H groups in total. The number of benzene rings is 1. The fourth-order valence-electron chi connectivity index (χ4n) is 1.28. The van der Waals surface area contributed by atoms with Crippen LogP contribution in [0.3, 0.4) is 0 Å². The Morgan fingerprint density at radius 1 is 1.47 bits per heavy atom. The molecule has 5 nitrogen and oxygen atoms in total. The molecule has 17 heavy (non-hydrogen) atoms. The Morgan fingerprint density at radius 3 is 2.88 bits per heavy atom. The van der Waals surface area contributed by atoms with Crippen molar-refractivity contribution in [3.63, 3.8) is 0 Å². The van der Waals surface area contributed by atoms with Crippen LogP contribution in [-0.4, -0.2) is 16.1 Å². The van der Waals surface area contributed by atoms with Gasteiger partial charge in [0.05, 0.1) is 0 Å². The van der Waals surface area contributed by atoms with Gasteiger partial charge in [-0.3, -0.25) is 9.89 Å². The summed E-state index contributed by atoms with van der Waals surface area (Å²) >= 11 is 6.29. The van der Waals surface area contributed by atoms with Crippen LogP contribution in [0.1, 0.15) is 6.92 Å². The van der Waals surface area contributed by atoms with Crippen molar-refractivity contribution in [2.24, 2.45) is 0 Å². The van der Waals surface area contributed by atoms with Crippen molar-refractivity contribution in [2.45, 2.75) is 6.92 Å². The molecule has 1 heterocycles. The fraction of sp³-hybridized carbons (Fsp3) is 0.100. The van der Waals surface area contributed by atoms with Crippen LogP contribution in [0.25, 0.3) is 0 Å². The van der Waals surface area contributed by atoms with Crippen molar-refractivity contribution in [1.82, 2.24) is 10.2 Å². The van der Waals surface area contributed by atoms with Gasteiger partial charge in [0.15, 0.2) is 3.95 Å². The van der Waals surface area contributed by atoms with Crippen LogP contribution in [0.5, 0.6) is 0 Å². The summed E-state index contributed by atoms with van der Waals surface area (Å²) in [5.74, 6) is -0.0995. The lowest BCUT2D eigenvalue weighted by Crippen LogP contribution is -2.05. The van der Waals surface area contributed by atoms with Crippen LogP contribution in [-0.2, 0) is 4.79 Å². The standard InChI is InChI=1S/C10H10N4OS2/c1-6(15)11-7-3-2-4-8(5-7)12-9-13-14-10(16)17-9/h2-5H,1H3,(H,11,15)(H,12,13)(H,14,16). The van der Waals surface area contributed by atoms with Crippen LogP contribution >= 0.6 is 23.6 Å². The van der Waals surface area contributed by atoms with Gasteiger partial charge >= 0.3 is 0 Å². The van der Waals surface area contributed by atoms with E-state index >= 15 is 0 Å². The minimum atomic E-state index is -0.0995. The quantitative estimate of drug-likeness (QED) is 0.747. The van der Waals surface area contributed by atoms with Crippen LogP contribution < -0.4 is 10.6 Å². The fourth-order valence-corrected chi connectivity index (χ4v) is 2.09. The van der Waals surface area contributed by atoms with Crippen LogP contribution in [0.2, 0.25) is 0 Å². The van der Waals surface area contributed by atoms with Gasteiger partial charge in [-0.2, -0.15) is 0 Å². The predicted octanol–water partition coefficient (Wildman–Crippen LogP) is 2.90. The van der Waals surface area contributed by atoms with Crippen molar-refractivity contribution >= 4 is 46.0 Å². The predicted molar refractivity (Wildman–Crippen MR) is 71.3 cm³/mol. The van der Waals surface area contributed by atoms with Gasteiger partial charge in [-0.05, 0) is 30.4 Å². The number of anilines is 3. The molecule has 1 amide bonds. The Kier molecular flexibility index (Phi) is 3.50. The van der Waals surface area contributed by atoms with E-state index in [9.17, 15) is 4.79 Å². The van der Waals surface area contributed by atoms with Crippen molar-refractivity contribution in [2.75, 3.05) is 10.6 Å². The summed E-state index contributed by atoms with van der Waals surface area (Å²) in [6.45, 7) is 1.47. The zero-order valence-electron chi connectivity index (χ0n) is 8.98. The summed E-state index contributed by atoms with van der Waals surface area (Å²) in [5, 5.41) is 13.2. The monoisotopic (exact) mass is 266 g/mol. The second-order valence-electron chi connectivity index (χ2n) is 3.31. The second kappa shape index (κ2) is 5.07. The molecule has 0 atom stereocenters. The van der Waals surface area contributed by atoms with E-state index in [4.69, 9.17) is 12.2 Å². The number of amides is 1. The largest absolute Gasteiger partial charge is 0.330 e. The highest BCUT2D eigenvalue weighted by atomic mass is 32.1. The molecule has 2 aromatic rings. The first kappa shape index (κ1) is 11.7. The van der Waals surface area contributed by atoms with E-state index in [1.807, 2.05) is 24.3 Å². The van der Waals surface area contributed by atoms with E-state index < -0.39 is 0 Å². The van der Waals surface area contributed by atoms with Gasteiger partial charge in [0, 0.05) is 18.3 Å². The molecular formula is C10H10N4OS2. The van der Waals surface area contributed by atoms with Gasteiger partial charge in [0.2, 0.25) is 11.0 Å². The van der Waals surface area contributed by atoms with Crippen LogP contribution in [0.15, 0.2) is 24.3 Å². The maximum Gasteiger partial charge on any atom is 0.221 e. The molecular weight excluding hydrogens is 256 g/mol. The minimum absolute atomic E-state index is 0.0995. The summed E-state index contributed by atoms with van der Waals surface area (Å²) in [4.78, 5) is 10.9. The molecule has 0 bridgehead atoms. The van der Waals surface area contributed by atoms with Gasteiger partial charge in [-0.1, -0.05) is 17.4 Å². The SMILES string of the molecule is CC(=O)Nc1cccc(Nc2n[nH]c(=S)s2)c1. The molecule has 0 unspecified atom stereocenters. The molecule has 1 aromatic carbocycles. The van der Waals surface area contributed by atoms with Gasteiger partial charge in [-0.15, -0.1) is 5.10 Å². The van der Waals surface area contributed by atoms with E-state index in [2.05, 4.69) is 20.8 Å². The molecule has 88 valence electrons. The number of aromatic nitrogens is 2. The van der Waals surface area contributed by atoms with E-state index in [1.165, 1.54) is 18.3 Å². The molecule has 1 aromatic heterocycles. The summed E-state index contributed by atoms with van der Waals surface area (Å²) in [5.41, 5.74) is 1.58. The third-order valence-corrected chi connectivity index (χ3v) is 2.88. The van der Waals surface area contributed by atoms with Gasteiger partial charge in [-0.25, -0.2) is 0 Å². The van der Waals surface area contributed by atoms with Gasteiger partial charge in [0.1, 0.15) is 0 Å². The highest BCUT2D eigenvalue weighted by Gasteiger charge is 2.00. The van der Waals surface area contributed by atoms with Crippen molar-refractivity contribution in [1.29, 1.82) is 0 Å². The molecule has 0 aliphatic rings. The zero-order valence-corrected chi connectivity index (χ0v) is 10.6.